The predicted molar refractivity (Wildman–Crippen MR) is 183 cm³/mol. The van der Waals surface area contributed by atoms with Crippen molar-refractivity contribution >= 4 is 40.4 Å². The third-order valence-corrected chi connectivity index (χ3v) is 9.88. The van der Waals surface area contributed by atoms with Crippen molar-refractivity contribution in [2.75, 3.05) is 18.5 Å². The van der Waals surface area contributed by atoms with E-state index in [-0.39, 0.29) is 41.1 Å². The number of aromatic nitrogens is 4. The molecule has 0 aromatic carbocycles. The summed E-state index contributed by atoms with van der Waals surface area (Å²) >= 11 is 0. The van der Waals surface area contributed by atoms with Gasteiger partial charge in [-0.05, 0) is 69.6 Å². The van der Waals surface area contributed by atoms with Crippen molar-refractivity contribution < 1.29 is 24.0 Å². The van der Waals surface area contributed by atoms with E-state index in [9.17, 15) is 19.2 Å². The maximum atomic E-state index is 13.5. The molecular weight excluding hydrogens is 626 g/mol. The monoisotopic (exact) mass is 673 g/mol. The fourth-order valence-corrected chi connectivity index (χ4v) is 7.18. The van der Waals surface area contributed by atoms with Gasteiger partial charge in [0.1, 0.15) is 11.5 Å². The molecular formula is C36H47N7O6. The Morgan fingerprint density at radius 3 is 2.53 bits per heavy atom. The summed E-state index contributed by atoms with van der Waals surface area (Å²) in [5.41, 5.74) is 5.50. The fourth-order valence-electron chi connectivity index (χ4n) is 7.18. The van der Waals surface area contributed by atoms with E-state index in [2.05, 4.69) is 15.8 Å². The zero-order chi connectivity index (χ0) is 34.3. The van der Waals surface area contributed by atoms with Crippen molar-refractivity contribution in [2.24, 2.45) is 0 Å². The zero-order valence-corrected chi connectivity index (χ0v) is 28.6. The molecule has 13 nitrogen and oxygen atoms in total. The highest BCUT2D eigenvalue weighted by Crippen LogP contribution is 2.32. The second kappa shape index (κ2) is 16.0. The van der Waals surface area contributed by atoms with Crippen LogP contribution in [0.25, 0.3) is 11.0 Å². The minimum Gasteiger partial charge on any atom is -0.350 e. The Labute approximate surface area is 286 Å². The molecule has 3 aliphatic rings. The first kappa shape index (κ1) is 34.6. The maximum Gasteiger partial charge on any atom is 0.263 e. The molecule has 6 rings (SSSR count). The number of aryl methyl sites for hydroxylation is 1. The van der Waals surface area contributed by atoms with Crippen molar-refractivity contribution in [3.8, 4) is 0 Å². The molecule has 0 radical (unpaired) electrons. The van der Waals surface area contributed by atoms with Gasteiger partial charge in [-0.25, -0.2) is 20.3 Å². The van der Waals surface area contributed by atoms with E-state index in [1.165, 1.54) is 6.92 Å². The van der Waals surface area contributed by atoms with Crippen LogP contribution in [0.3, 0.4) is 0 Å². The van der Waals surface area contributed by atoms with Gasteiger partial charge in [-0.3, -0.25) is 23.7 Å². The molecule has 49 heavy (non-hydrogen) atoms. The van der Waals surface area contributed by atoms with Crippen LogP contribution in [0.1, 0.15) is 124 Å². The minimum absolute atomic E-state index is 0.00410. The average Bonchev–Trinajstić information content (AvgIpc) is 3.63. The van der Waals surface area contributed by atoms with Gasteiger partial charge in [-0.15, -0.1) is 0 Å². The maximum absolute atomic E-state index is 13.5. The fraction of sp³-hybridized carbons (Fsp3) is 0.583. The lowest BCUT2D eigenvalue weighted by Crippen LogP contribution is -2.36. The van der Waals surface area contributed by atoms with Crippen LogP contribution in [0.2, 0.25) is 0 Å². The SMILES string of the molecule is CC(=O)c1c(C)c2cnc(Nc3ccc4c(n3)CCN(C(=O)CCCCCCC(=O)NOC3CCCCO3)C4)nc2n(C2CCCC2)c1=O. The van der Waals surface area contributed by atoms with Crippen molar-refractivity contribution in [2.45, 2.75) is 123 Å². The number of rotatable bonds is 13. The van der Waals surface area contributed by atoms with Gasteiger partial charge in [-0.2, -0.15) is 4.98 Å². The molecule has 0 spiro atoms. The summed E-state index contributed by atoms with van der Waals surface area (Å²) in [6.07, 6.45) is 12.8. The van der Waals surface area contributed by atoms with Gasteiger partial charge in [0, 0.05) is 68.7 Å². The van der Waals surface area contributed by atoms with Crippen LogP contribution in [0.15, 0.2) is 23.1 Å². The van der Waals surface area contributed by atoms with E-state index in [0.717, 1.165) is 81.9 Å². The van der Waals surface area contributed by atoms with Gasteiger partial charge in [0.25, 0.3) is 5.56 Å². The third-order valence-electron chi connectivity index (χ3n) is 9.88. The summed E-state index contributed by atoms with van der Waals surface area (Å²) < 4.78 is 7.15. The predicted octanol–water partition coefficient (Wildman–Crippen LogP) is 5.36. The molecule has 1 saturated heterocycles. The lowest BCUT2D eigenvalue weighted by Gasteiger charge is -2.28. The van der Waals surface area contributed by atoms with Crippen LogP contribution >= 0.6 is 0 Å². The molecule has 2 fully saturated rings. The van der Waals surface area contributed by atoms with E-state index in [4.69, 9.17) is 19.5 Å². The van der Waals surface area contributed by atoms with Crippen LogP contribution in [-0.4, -0.2) is 61.5 Å². The lowest BCUT2D eigenvalue weighted by molar-refractivity contribution is -0.200. The van der Waals surface area contributed by atoms with Gasteiger partial charge < -0.3 is 15.0 Å². The summed E-state index contributed by atoms with van der Waals surface area (Å²) in [6, 6.07) is 3.85. The second-order valence-corrected chi connectivity index (χ2v) is 13.4. The zero-order valence-electron chi connectivity index (χ0n) is 28.6. The Hall–Kier alpha value is -4.23. The Bertz CT molecular complexity index is 1750. The standard InChI is InChI=1S/C36H47N7O6/c1-23-27-21-37-36(40-34(27)43(26-11-7-8-12-26)35(47)33(23)24(2)44)39-29-17-16-25-22-42(19-18-28(25)38-29)31(46)14-6-4-3-5-13-30(45)41-49-32-15-9-10-20-48-32/h16-17,21,26,32H,3-15,18-20,22H2,1-2H3,(H,41,45)(H,37,38,39,40). The summed E-state index contributed by atoms with van der Waals surface area (Å²) in [7, 11) is 0. The first-order valence-electron chi connectivity index (χ1n) is 17.8. The van der Waals surface area contributed by atoms with Crippen molar-refractivity contribution in [3.63, 3.8) is 0 Å². The van der Waals surface area contributed by atoms with Crippen LogP contribution in [0.4, 0.5) is 11.8 Å². The lowest BCUT2D eigenvalue weighted by atomic mass is 10.0. The summed E-state index contributed by atoms with van der Waals surface area (Å²) in [5.74, 6) is 0.664. The number of hydrogen-bond donors (Lipinski definition) is 2. The summed E-state index contributed by atoms with van der Waals surface area (Å²) in [5, 5.41) is 3.91. The number of nitrogens with zero attached hydrogens (tertiary/aromatic N) is 5. The number of carbonyl (C=O) groups excluding carboxylic acids is 3. The highest BCUT2D eigenvalue weighted by atomic mass is 16.8. The van der Waals surface area contributed by atoms with Gasteiger partial charge in [0.15, 0.2) is 12.1 Å². The van der Waals surface area contributed by atoms with E-state index in [1.807, 2.05) is 17.0 Å². The second-order valence-electron chi connectivity index (χ2n) is 13.4. The Balaban J connectivity index is 0.999. The number of anilines is 2. The molecule has 13 heteroatoms. The Morgan fingerprint density at radius 2 is 1.78 bits per heavy atom. The van der Waals surface area contributed by atoms with Crippen LogP contribution in [-0.2, 0) is 32.1 Å². The van der Waals surface area contributed by atoms with Crippen molar-refractivity contribution in [1.82, 2.24) is 29.9 Å². The van der Waals surface area contributed by atoms with E-state index in [1.54, 1.807) is 17.7 Å². The van der Waals surface area contributed by atoms with E-state index in [0.29, 0.717) is 67.3 Å². The topological polar surface area (TPSA) is 158 Å². The average molecular weight is 674 g/mol. The first-order valence-corrected chi connectivity index (χ1v) is 17.8. The van der Waals surface area contributed by atoms with E-state index >= 15 is 0 Å². The molecule has 5 heterocycles. The van der Waals surface area contributed by atoms with Crippen molar-refractivity contribution in [1.29, 1.82) is 0 Å². The molecule has 1 atom stereocenters. The number of hydrogen-bond acceptors (Lipinski definition) is 10. The highest BCUT2D eigenvalue weighted by Gasteiger charge is 2.26. The quantitative estimate of drug-likeness (QED) is 0.138. The van der Waals surface area contributed by atoms with Crippen molar-refractivity contribution in [3.05, 3.63) is 51.1 Å². The van der Waals surface area contributed by atoms with Crippen LogP contribution < -0.4 is 16.4 Å². The summed E-state index contributed by atoms with van der Waals surface area (Å²) in [4.78, 5) is 72.2. The summed E-state index contributed by atoms with van der Waals surface area (Å²) in [6.45, 7) is 5.00. The highest BCUT2D eigenvalue weighted by molar-refractivity contribution is 5.99. The molecule has 1 saturated carbocycles. The largest absolute Gasteiger partial charge is 0.350 e. The number of fused-ring (bicyclic) bond motifs is 2. The number of ketones is 1. The molecule has 262 valence electrons. The number of unbranched alkanes of at least 4 members (excludes halogenated alkanes) is 3. The van der Waals surface area contributed by atoms with Gasteiger partial charge in [-0.1, -0.05) is 31.7 Å². The third kappa shape index (κ3) is 8.33. The van der Waals surface area contributed by atoms with Gasteiger partial charge in [0.2, 0.25) is 17.8 Å². The Morgan fingerprint density at radius 1 is 1.00 bits per heavy atom. The number of pyridine rings is 2. The molecule has 1 aliphatic carbocycles. The molecule has 2 N–H and O–H groups in total. The number of carbonyl (C=O) groups is 3. The number of amides is 2. The Kier molecular flexibility index (Phi) is 11.3. The normalized spacial score (nSPS) is 18.0. The number of hydroxylamine groups is 1. The van der Waals surface area contributed by atoms with Crippen LogP contribution in [0, 0.1) is 6.92 Å². The molecule has 2 aliphatic heterocycles. The van der Waals surface area contributed by atoms with Crippen LogP contribution in [0.5, 0.6) is 0 Å². The molecule has 3 aromatic heterocycles. The first-order chi connectivity index (χ1) is 23.8. The smallest absolute Gasteiger partial charge is 0.263 e. The van der Waals surface area contributed by atoms with E-state index < -0.39 is 0 Å². The molecule has 2 amide bonds. The molecule has 3 aromatic rings. The molecule has 1 unspecified atom stereocenters. The number of Topliss-reactive ketones (excluding diaryl/α,β-unsaturated/α-hetero) is 1. The van der Waals surface area contributed by atoms with Gasteiger partial charge >= 0.3 is 0 Å². The number of ether oxygens (including phenoxy) is 1. The molecule has 0 bridgehead atoms. The number of nitrogens with one attached hydrogen (secondary N) is 2. The minimum atomic E-state index is -0.344. The van der Waals surface area contributed by atoms with Gasteiger partial charge in [0.05, 0.1) is 5.56 Å².